The van der Waals surface area contributed by atoms with Crippen LogP contribution in [0.15, 0.2) is 63.9 Å². The number of hydrogen-bond acceptors (Lipinski definition) is 6. The van der Waals surface area contributed by atoms with Gasteiger partial charge in [0.05, 0.1) is 4.90 Å². The topological polar surface area (TPSA) is 140 Å². The van der Waals surface area contributed by atoms with Crippen LogP contribution < -0.4 is 21.1 Å². The van der Waals surface area contributed by atoms with Gasteiger partial charge < -0.3 is 10.5 Å². The Bertz CT molecular complexity index is 951. The number of carbonyl (C=O) groups excluding carboxylic acids is 2. The minimum Gasteiger partial charge on any atom is -0.471 e. The van der Waals surface area contributed by atoms with Crippen molar-refractivity contribution < 1.29 is 22.7 Å². The number of nitrogens with one attached hydrogen (secondary N) is 2. The highest BCUT2D eigenvalue weighted by Crippen LogP contribution is 2.15. The second-order valence-corrected chi connectivity index (χ2v) is 6.88. The summed E-state index contributed by atoms with van der Waals surface area (Å²) in [7, 11) is -4.14. The zero-order valence-corrected chi connectivity index (χ0v) is 14.1. The molecule has 9 nitrogen and oxygen atoms in total. The number of amides is 2. The third-order valence-corrected chi connectivity index (χ3v) is 4.64. The van der Waals surface area contributed by atoms with E-state index in [0.29, 0.717) is 11.4 Å². The van der Waals surface area contributed by atoms with Crippen LogP contribution in [-0.4, -0.2) is 32.3 Å². The molecule has 0 saturated carbocycles. The molecule has 0 aromatic heterocycles. The molecule has 0 unspecified atom stereocenters. The molecular formula is C16H14N4O5S. The molecule has 26 heavy (non-hydrogen) atoms. The number of nitrogens with zero attached hydrogens (tertiary/aromatic N) is 1. The lowest BCUT2D eigenvalue weighted by Crippen LogP contribution is -2.61. The van der Waals surface area contributed by atoms with E-state index in [1.165, 1.54) is 24.3 Å². The van der Waals surface area contributed by atoms with Crippen LogP contribution >= 0.6 is 0 Å². The molecule has 2 aromatic rings. The number of benzene rings is 2. The number of ether oxygens (including phenoxy) is 1. The van der Waals surface area contributed by atoms with Crippen LogP contribution in [0.5, 0.6) is 5.75 Å². The summed E-state index contributed by atoms with van der Waals surface area (Å²) >= 11 is 0. The van der Waals surface area contributed by atoms with Crippen molar-refractivity contribution in [1.29, 1.82) is 0 Å². The Morgan fingerprint density at radius 3 is 2.08 bits per heavy atom. The van der Waals surface area contributed by atoms with Crippen LogP contribution in [0.3, 0.4) is 0 Å². The third-order valence-electron chi connectivity index (χ3n) is 3.35. The molecule has 134 valence electrons. The van der Waals surface area contributed by atoms with Crippen LogP contribution in [0.25, 0.3) is 0 Å². The lowest BCUT2D eigenvalue weighted by molar-refractivity contribution is -0.139. The Hall–Kier alpha value is -3.40. The first-order chi connectivity index (χ1) is 12.3. The lowest BCUT2D eigenvalue weighted by Gasteiger charge is -2.23. The van der Waals surface area contributed by atoms with Gasteiger partial charge in [-0.1, -0.05) is 18.2 Å². The maximum absolute atomic E-state index is 12.2. The maximum atomic E-state index is 12.2. The molecular weight excluding hydrogens is 360 g/mol. The highest BCUT2D eigenvalue weighted by molar-refractivity contribution is 7.90. The number of guanidine groups is 1. The minimum absolute atomic E-state index is 0.134. The summed E-state index contributed by atoms with van der Waals surface area (Å²) in [5.74, 6) is -1.84. The number of hydrogen-bond donors (Lipinski definition) is 3. The Morgan fingerprint density at radius 2 is 1.50 bits per heavy atom. The van der Waals surface area contributed by atoms with Gasteiger partial charge in [-0.3, -0.25) is 20.2 Å². The first kappa shape index (κ1) is 17.4. The standard InChI is InChI=1S/C16H14N4O5S/c17-10-6-8-12(9-7-10)26(23,24)20-16-18-14(21)13(15(22)19-16)25-11-4-2-1-3-5-11/h1-9,13H,17H2,(H2,18,19,20,21,22). The number of rotatable bonds is 4. The number of para-hydroxylation sites is 1. The summed E-state index contributed by atoms with van der Waals surface area (Å²) in [5, 5.41) is 4.41. The van der Waals surface area contributed by atoms with E-state index in [-0.39, 0.29) is 4.90 Å². The molecule has 0 atom stereocenters. The molecule has 1 saturated heterocycles. The molecule has 0 aliphatic carbocycles. The molecule has 2 aromatic carbocycles. The van der Waals surface area contributed by atoms with Gasteiger partial charge in [0.1, 0.15) is 5.75 Å². The predicted molar refractivity (Wildman–Crippen MR) is 92.6 cm³/mol. The van der Waals surface area contributed by atoms with Crippen molar-refractivity contribution in [2.45, 2.75) is 11.0 Å². The van der Waals surface area contributed by atoms with Gasteiger partial charge in [-0.2, -0.15) is 8.42 Å². The molecule has 1 heterocycles. The first-order valence-corrected chi connectivity index (χ1v) is 8.83. The van der Waals surface area contributed by atoms with Crippen LogP contribution in [0.4, 0.5) is 5.69 Å². The van der Waals surface area contributed by atoms with E-state index in [4.69, 9.17) is 10.5 Å². The second kappa shape index (κ2) is 6.84. The van der Waals surface area contributed by atoms with Crippen molar-refractivity contribution in [1.82, 2.24) is 10.6 Å². The van der Waals surface area contributed by atoms with Crippen molar-refractivity contribution in [3.8, 4) is 5.75 Å². The van der Waals surface area contributed by atoms with Gasteiger partial charge in [0.2, 0.25) is 5.96 Å². The van der Waals surface area contributed by atoms with E-state index in [9.17, 15) is 18.0 Å². The van der Waals surface area contributed by atoms with Crippen LogP contribution in [0.1, 0.15) is 0 Å². The predicted octanol–water partition coefficient (Wildman–Crippen LogP) is 0.00710. The summed E-state index contributed by atoms with van der Waals surface area (Å²) in [4.78, 5) is 24.1. The molecule has 2 amide bonds. The second-order valence-electron chi connectivity index (χ2n) is 5.27. The Balaban J connectivity index is 1.78. The number of carbonyl (C=O) groups is 2. The fraction of sp³-hybridized carbons (Fsp3) is 0.0625. The quantitative estimate of drug-likeness (QED) is 0.509. The Morgan fingerprint density at radius 1 is 0.923 bits per heavy atom. The summed E-state index contributed by atoms with van der Waals surface area (Å²) in [5.41, 5.74) is 5.90. The van der Waals surface area contributed by atoms with Gasteiger partial charge in [0.25, 0.3) is 27.9 Å². The summed E-state index contributed by atoms with van der Waals surface area (Å²) in [6.45, 7) is 0. The van der Waals surface area contributed by atoms with E-state index in [1.807, 2.05) is 0 Å². The number of nitrogen functional groups attached to an aromatic ring is 1. The zero-order valence-electron chi connectivity index (χ0n) is 13.2. The van der Waals surface area contributed by atoms with Gasteiger partial charge in [0.15, 0.2) is 0 Å². The highest BCUT2D eigenvalue weighted by atomic mass is 32.2. The van der Waals surface area contributed by atoms with Crippen molar-refractivity contribution >= 4 is 33.5 Å². The van der Waals surface area contributed by atoms with Gasteiger partial charge >= 0.3 is 0 Å². The zero-order chi connectivity index (χ0) is 18.7. The molecule has 1 aliphatic heterocycles. The van der Waals surface area contributed by atoms with Crippen molar-refractivity contribution in [3.05, 3.63) is 54.6 Å². The van der Waals surface area contributed by atoms with Gasteiger partial charge in [0, 0.05) is 5.69 Å². The fourth-order valence-electron chi connectivity index (χ4n) is 2.12. The summed E-state index contributed by atoms with van der Waals surface area (Å²) in [6.07, 6.45) is -1.46. The maximum Gasteiger partial charge on any atom is 0.285 e. The van der Waals surface area contributed by atoms with Crippen LogP contribution in [-0.2, 0) is 19.6 Å². The van der Waals surface area contributed by atoms with Crippen LogP contribution in [0.2, 0.25) is 0 Å². The Kier molecular flexibility index (Phi) is 4.59. The van der Waals surface area contributed by atoms with Gasteiger partial charge in [-0.15, -0.1) is 4.40 Å². The van der Waals surface area contributed by atoms with E-state index in [0.717, 1.165) is 0 Å². The van der Waals surface area contributed by atoms with E-state index < -0.39 is 33.9 Å². The van der Waals surface area contributed by atoms with E-state index in [1.54, 1.807) is 30.3 Å². The molecule has 10 heteroatoms. The first-order valence-electron chi connectivity index (χ1n) is 7.39. The SMILES string of the molecule is Nc1ccc(S(=O)(=O)N=C2NC(=O)C(Oc3ccccc3)C(=O)N2)cc1. The normalized spacial score (nSPS) is 17.2. The molecule has 4 N–H and O–H groups in total. The monoisotopic (exact) mass is 374 g/mol. The highest BCUT2D eigenvalue weighted by Gasteiger charge is 2.36. The molecule has 0 radical (unpaired) electrons. The third kappa shape index (κ3) is 3.81. The van der Waals surface area contributed by atoms with Gasteiger partial charge in [-0.25, -0.2) is 0 Å². The van der Waals surface area contributed by atoms with E-state index in [2.05, 4.69) is 15.0 Å². The average Bonchev–Trinajstić information content (AvgIpc) is 2.59. The molecule has 3 rings (SSSR count). The average molecular weight is 374 g/mol. The smallest absolute Gasteiger partial charge is 0.285 e. The van der Waals surface area contributed by atoms with Crippen molar-refractivity contribution in [2.75, 3.05) is 5.73 Å². The van der Waals surface area contributed by atoms with Crippen LogP contribution in [0, 0.1) is 0 Å². The number of sulfonamides is 1. The fourth-order valence-corrected chi connectivity index (χ4v) is 3.03. The Labute approximate surface area is 148 Å². The molecule has 1 fully saturated rings. The van der Waals surface area contributed by atoms with E-state index >= 15 is 0 Å². The van der Waals surface area contributed by atoms with Crippen molar-refractivity contribution in [2.24, 2.45) is 4.40 Å². The molecule has 0 bridgehead atoms. The molecule has 1 aliphatic rings. The minimum atomic E-state index is -4.14. The number of nitrogens with two attached hydrogens (primary N) is 1. The van der Waals surface area contributed by atoms with Crippen molar-refractivity contribution in [3.63, 3.8) is 0 Å². The summed E-state index contributed by atoms with van der Waals surface area (Å²) in [6, 6.07) is 13.6. The molecule has 0 spiro atoms. The summed E-state index contributed by atoms with van der Waals surface area (Å²) < 4.78 is 33.2. The number of anilines is 1. The lowest BCUT2D eigenvalue weighted by atomic mass is 10.2. The van der Waals surface area contributed by atoms with Gasteiger partial charge in [-0.05, 0) is 36.4 Å². The largest absolute Gasteiger partial charge is 0.471 e.